The van der Waals surface area contributed by atoms with Crippen molar-refractivity contribution < 1.29 is 14.2 Å². The van der Waals surface area contributed by atoms with Crippen LogP contribution in [0.2, 0.25) is 0 Å². The van der Waals surface area contributed by atoms with Gasteiger partial charge in [0, 0.05) is 0 Å². The summed E-state index contributed by atoms with van der Waals surface area (Å²) in [5, 5.41) is 0. The molecule has 0 saturated carbocycles. The van der Waals surface area contributed by atoms with Crippen LogP contribution in [-0.2, 0) is 0 Å². The third-order valence-corrected chi connectivity index (χ3v) is 3.57. The highest BCUT2D eigenvalue weighted by Crippen LogP contribution is 2.40. The van der Waals surface area contributed by atoms with Gasteiger partial charge in [0.1, 0.15) is 11.9 Å². The van der Waals surface area contributed by atoms with E-state index in [0.717, 1.165) is 29.2 Å². The van der Waals surface area contributed by atoms with E-state index in [2.05, 4.69) is 6.92 Å². The molecule has 0 aliphatic carbocycles. The molecule has 0 saturated heterocycles. The van der Waals surface area contributed by atoms with Crippen LogP contribution < -0.4 is 14.2 Å². The Hall–Kier alpha value is -2.16. The van der Waals surface area contributed by atoms with Gasteiger partial charge in [-0.1, -0.05) is 31.2 Å². The SMILES string of the molecule is CCC1Oc2ccccc2OC1c1ccc(OC)cc1. The fourth-order valence-electron chi connectivity index (χ4n) is 2.46. The summed E-state index contributed by atoms with van der Waals surface area (Å²) in [5.74, 6) is 2.47. The maximum Gasteiger partial charge on any atom is 0.162 e. The molecule has 3 heteroatoms. The van der Waals surface area contributed by atoms with E-state index in [-0.39, 0.29) is 12.2 Å². The molecule has 104 valence electrons. The van der Waals surface area contributed by atoms with Crippen LogP contribution in [0, 0.1) is 0 Å². The fraction of sp³-hybridized carbons (Fsp3) is 0.294. The van der Waals surface area contributed by atoms with E-state index >= 15 is 0 Å². The van der Waals surface area contributed by atoms with Gasteiger partial charge in [-0.3, -0.25) is 0 Å². The number of rotatable bonds is 3. The van der Waals surface area contributed by atoms with Crippen molar-refractivity contribution >= 4 is 0 Å². The minimum Gasteiger partial charge on any atom is -0.497 e. The van der Waals surface area contributed by atoms with Gasteiger partial charge < -0.3 is 14.2 Å². The highest BCUT2D eigenvalue weighted by atomic mass is 16.6. The number of ether oxygens (including phenoxy) is 3. The number of para-hydroxylation sites is 2. The summed E-state index contributed by atoms with van der Waals surface area (Å²) in [7, 11) is 1.67. The molecule has 20 heavy (non-hydrogen) atoms. The van der Waals surface area contributed by atoms with E-state index in [9.17, 15) is 0 Å². The summed E-state index contributed by atoms with van der Waals surface area (Å²) in [6.45, 7) is 2.11. The Bertz CT molecular complexity index is 577. The fourth-order valence-corrected chi connectivity index (χ4v) is 2.46. The maximum atomic E-state index is 6.13. The van der Waals surface area contributed by atoms with Crippen molar-refractivity contribution in [2.75, 3.05) is 7.11 Å². The summed E-state index contributed by atoms with van der Waals surface area (Å²) in [6.07, 6.45) is 0.837. The molecular formula is C17H18O3. The van der Waals surface area contributed by atoms with Crippen molar-refractivity contribution in [3.8, 4) is 17.2 Å². The molecule has 2 atom stereocenters. The van der Waals surface area contributed by atoms with Crippen molar-refractivity contribution in [3.05, 3.63) is 54.1 Å². The maximum absolute atomic E-state index is 6.13. The van der Waals surface area contributed by atoms with Crippen LogP contribution in [-0.4, -0.2) is 13.2 Å². The lowest BCUT2D eigenvalue weighted by molar-refractivity contribution is 0.0176. The van der Waals surface area contributed by atoms with Gasteiger partial charge in [-0.05, 0) is 36.2 Å². The molecule has 1 heterocycles. The Morgan fingerprint density at radius 1 is 0.950 bits per heavy atom. The molecule has 2 aromatic carbocycles. The van der Waals surface area contributed by atoms with Crippen molar-refractivity contribution in [1.82, 2.24) is 0 Å². The monoisotopic (exact) mass is 270 g/mol. The standard InChI is InChI=1S/C17H18O3/c1-3-14-17(12-8-10-13(18-2)11-9-12)20-16-7-5-4-6-15(16)19-14/h4-11,14,17H,3H2,1-2H3. The zero-order valence-electron chi connectivity index (χ0n) is 11.7. The largest absolute Gasteiger partial charge is 0.497 e. The van der Waals surface area contributed by atoms with Gasteiger partial charge in [0.15, 0.2) is 17.6 Å². The molecule has 3 rings (SSSR count). The first kappa shape index (κ1) is 12.9. The van der Waals surface area contributed by atoms with Crippen LogP contribution in [0.1, 0.15) is 25.0 Å². The lowest BCUT2D eigenvalue weighted by Gasteiger charge is -2.33. The highest BCUT2D eigenvalue weighted by Gasteiger charge is 2.31. The molecule has 0 spiro atoms. The second-order valence-corrected chi connectivity index (χ2v) is 4.82. The Kier molecular flexibility index (Phi) is 3.50. The summed E-state index contributed by atoms with van der Waals surface area (Å²) in [4.78, 5) is 0. The summed E-state index contributed by atoms with van der Waals surface area (Å²) >= 11 is 0. The van der Waals surface area contributed by atoms with E-state index in [0.29, 0.717) is 0 Å². The van der Waals surface area contributed by atoms with Gasteiger partial charge in [0.2, 0.25) is 0 Å². The topological polar surface area (TPSA) is 27.7 Å². The molecular weight excluding hydrogens is 252 g/mol. The average Bonchev–Trinajstić information content (AvgIpc) is 2.53. The lowest BCUT2D eigenvalue weighted by atomic mass is 10.0. The summed E-state index contributed by atoms with van der Waals surface area (Å²) in [5.41, 5.74) is 1.10. The van der Waals surface area contributed by atoms with Crippen LogP contribution in [0.15, 0.2) is 48.5 Å². The highest BCUT2D eigenvalue weighted by molar-refractivity contribution is 5.42. The third-order valence-electron chi connectivity index (χ3n) is 3.57. The van der Waals surface area contributed by atoms with Gasteiger partial charge in [-0.15, -0.1) is 0 Å². The molecule has 0 bridgehead atoms. The molecule has 2 aromatic rings. The molecule has 1 aliphatic heterocycles. The zero-order valence-corrected chi connectivity index (χ0v) is 11.7. The molecule has 0 radical (unpaired) electrons. The number of methoxy groups -OCH3 is 1. The second kappa shape index (κ2) is 5.45. The zero-order chi connectivity index (χ0) is 13.9. The Morgan fingerprint density at radius 3 is 2.20 bits per heavy atom. The number of hydrogen-bond donors (Lipinski definition) is 0. The molecule has 0 N–H and O–H groups in total. The van der Waals surface area contributed by atoms with Gasteiger partial charge in [-0.25, -0.2) is 0 Å². The van der Waals surface area contributed by atoms with Crippen molar-refractivity contribution in [1.29, 1.82) is 0 Å². The van der Waals surface area contributed by atoms with E-state index in [1.165, 1.54) is 0 Å². The van der Waals surface area contributed by atoms with Crippen LogP contribution in [0.4, 0.5) is 0 Å². The van der Waals surface area contributed by atoms with Crippen LogP contribution in [0.3, 0.4) is 0 Å². The van der Waals surface area contributed by atoms with Crippen molar-refractivity contribution in [3.63, 3.8) is 0 Å². The minimum absolute atomic E-state index is 0.0262. The first-order chi connectivity index (χ1) is 9.81. The lowest BCUT2D eigenvalue weighted by Crippen LogP contribution is -2.32. The smallest absolute Gasteiger partial charge is 0.162 e. The minimum atomic E-state index is -0.0826. The van der Waals surface area contributed by atoms with E-state index in [1.54, 1.807) is 7.11 Å². The Labute approximate surface area is 119 Å². The van der Waals surface area contributed by atoms with Crippen molar-refractivity contribution in [2.45, 2.75) is 25.6 Å². The van der Waals surface area contributed by atoms with Crippen LogP contribution in [0.5, 0.6) is 17.2 Å². The quantitative estimate of drug-likeness (QED) is 0.844. The average molecular weight is 270 g/mol. The second-order valence-electron chi connectivity index (χ2n) is 4.82. The Morgan fingerprint density at radius 2 is 1.60 bits per heavy atom. The van der Waals surface area contributed by atoms with E-state index < -0.39 is 0 Å². The third kappa shape index (κ3) is 2.31. The number of hydrogen-bond acceptors (Lipinski definition) is 3. The molecule has 0 fully saturated rings. The summed E-state index contributed by atoms with van der Waals surface area (Å²) in [6, 6.07) is 15.8. The molecule has 3 nitrogen and oxygen atoms in total. The predicted octanol–water partition coefficient (Wildman–Crippen LogP) is 3.99. The number of benzene rings is 2. The van der Waals surface area contributed by atoms with E-state index in [1.807, 2.05) is 48.5 Å². The van der Waals surface area contributed by atoms with Gasteiger partial charge in [0.25, 0.3) is 0 Å². The molecule has 2 unspecified atom stereocenters. The normalized spacial score (nSPS) is 20.5. The van der Waals surface area contributed by atoms with Gasteiger partial charge in [0.05, 0.1) is 7.11 Å². The van der Waals surface area contributed by atoms with Crippen LogP contribution in [0.25, 0.3) is 0 Å². The molecule has 0 aromatic heterocycles. The summed E-state index contributed by atoms with van der Waals surface area (Å²) < 4.78 is 17.4. The Balaban J connectivity index is 1.91. The molecule has 1 aliphatic rings. The number of fused-ring (bicyclic) bond motifs is 1. The first-order valence-electron chi connectivity index (χ1n) is 6.88. The van der Waals surface area contributed by atoms with Crippen LogP contribution >= 0.6 is 0 Å². The van der Waals surface area contributed by atoms with Gasteiger partial charge >= 0.3 is 0 Å². The first-order valence-corrected chi connectivity index (χ1v) is 6.88. The predicted molar refractivity (Wildman–Crippen MR) is 77.5 cm³/mol. The van der Waals surface area contributed by atoms with E-state index in [4.69, 9.17) is 14.2 Å². The molecule has 0 amide bonds. The van der Waals surface area contributed by atoms with Crippen molar-refractivity contribution in [2.24, 2.45) is 0 Å². The van der Waals surface area contributed by atoms with Gasteiger partial charge in [-0.2, -0.15) is 0 Å².